The van der Waals surface area contributed by atoms with E-state index >= 15 is 0 Å². The molecular formula is C7HKN4. The third kappa shape index (κ3) is 4.94. The SMILES string of the molecule is N#CC(C#N)=C[C-](C#N)C#N.[K+]. The Morgan fingerprint density at radius 3 is 1.67 bits per heavy atom. The van der Waals surface area contributed by atoms with E-state index < -0.39 is 0 Å². The van der Waals surface area contributed by atoms with Gasteiger partial charge in [-0.3, -0.25) is 0 Å². The second kappa shape index (κ2) is 8.30. The van der Waals surface area contributed by atoms with Gasteiger partial charge in [-0.2, -0.15) is 6.08 Å². The van der Waals surface area contributed by atoms with E-state index in [9.17, 15) is 0 Å². The zero-order valence-electron chi connectivity index (χ0n) is 6.37. The molecule has 50 valence electrons. The van der Waals surface area contributed by atoms with Gasteiger partial charge in [-0.15, -0.1) is 0 Å². The summed E-state index contributed by atoms with van der Waals surface area (Å²) in [5, 5.41) is 32.8. The predicted molar refractivity (Wildman–Crippen MR) is 33.8 cm³/mol. The summed E-state index contributed by atoms with van der Waals surface area (Å²) in [6.45, 7) is 0. The van der Waals surface area contributed by atoms with Gasteiger partial charge < -0.3 is 0 Å². The first kappa shape index (κ1) is 13.8. The summed E-state index contributed by atoms with van der Waals surface area (Å²) < 4.78 is 0. The Bertz CT molecular complexity index is 300. The maximum atomic E-state index is 8.19. The molecule has 0 aliphatic heterocycles. The Hall–Kier alpha value is -0.794. The molecule has 0 aromatic heterocycles. The van der Waals surface area contributed by atoms with Gasteiger partial charge in [-0.25, -0.2) is 21.0 Å². The number of allylic oxidation sites excluding steroid dienone is 2. The van der Waals surface area contributed by atoms with Crippen LogP contribution in [0.4, 0.5) is 0 Å². The van der Waals surface area contributed by atoms with Crippen molar-refractivity contribution >= 4 is 0 Å². The summed E-state index contributed by atoms with van der Waals surface area (Å²) in [6.07, 6.45) is 0.944. The zero-order chi connectivity index (χ0) is 8.69. The first-order valence-electron chi connectivity index (χ1n) is 2.47. The number of hydrogen-bond acceptors (Lipinski definition) is 4. The number of rotatable bonds is 1. The monoisotopic (exact) mass is 180 g/mol. The molecule has 0 saturated carbocycles. The molecule has 0 spiro atoms. The largest absolute Gasteiger partial charge is 1.00 e. The van der Waals surface area contributed by atoms with E-state index in [1.54, 1.807) is 0 Å². The molecule has 0 radical (unpaired) electrons. The molecule has 0 fully saturated rings. The van der Waals surface area contributed by atoms with Crippen molar-refractivity contribution in [3.63, 3.8) is 0 Å². The fraction of sp³-hybridized carbons (Fsp3) is 0. The summed E-state index contributed by atoms with van der Waals surface area (Å²) >= 11 is 0. The van der Waals surface area contributed by atoms with E-state index in [0.717, 1.165) is 6.08 Å². The van der Waals surface area contributed by atoms with Crippen molar-refractivity contribution in [1.29, 1.82) is 21.0 Å². The van der Waals surface area contributed by atoms with Crippen LogP contribution >= 0.6 is 0 Å². The molecule has 0 rings (SSSR count). The van der Waals surface area contributed by atoms with E-state index in [0.29, 0.717) is 0 Å². The Morgan fingerprint density at radius 1 is 1.00 bits per heavy atom. The summed E-state index contributed by atoms with van der Waals surface area (Å²) in [7, 11) is 0. The molecule has 0 aliphatic carbocycles. The standard InChI is InChI=1S/C7HN4.K/c8-2-6(3-9)1-7(4-10)5-11;/h1H;/q-1;+1. The van der Waals surface area contributed by atoms with Gasteiger partial charge in [0.1, 0.15) is 0 Å². The second-order valence-corrected chi connectivity index (χ2v) is 1.42. The molecule has 0 atom stereocenters. The van der Waals surface area contributed by atoms with Crippen molar-refractivity contribution in [3.05, 3.63) is 17.6 Å². The molecule has 0 saturated heterocycles. The molecule has 4 nitrogen and oxygen atoms in total. The summed E-state index contributed by atoms with van der Waals surface area (Å²) in [5.74, 6) is -0.247. The van der Waals surface area contributed by atoms with Crippen LogP contribution < -0.4 is 51.4 Å². The van der Waals surface area contributed by atoms with Gasteiger partial charge in [0, 0.05) is 24.3 Å². The topological polar surface area (TPSA) is 95.2 Å². The van der Waals surface area contributed by atoms with E-state index in [2.05, 4.69) is 0 Å². The zero-order valence-corrected chi connectivity index (χ0v) is 9.49. The molecule has 0 aliphatic rings. The quantitative estimate of drug-likeness (QED) is 0.255. The predicted octanol–water partition coefficient (Wildman–Crippen LogP) is -2.41. The molecule has 0 aromatic carbocycles. The molecule has 12 heavy (non-hydrogen) atoms. The van der Waals surface area contributed by atoms with E-state index in [1.165, 1.54) is 24.3 Å². The third-order valence-electron chi connectivity index (χ3n) is 0.770. The normalized spacial score (nSPS) is 5.33. The van der Waals surface area contributed by atoms with Crippen molar-refractivity contribution in [3.8, 4) is 24.3 Å². The number of nitriles is 4. The summed E-state index contributed by atoms with van der Waals surface area (Å²) in [6, 6.07) is 6.11. The average molecular weight is 180 g/mol. The van der Waals surface area contributed by atoms with Crippen LogP contribution in [0.15, 0.2) is 11.6 Å². The van der Waals surface area contributed by atoms with Crippen LogP contribution in [0.2, 0.25) is 0 Å². The van der Waals surface area contributed by atoms with Gasteiger partial charge in [-0.1, -0.05) is 0 Å². The molecular weight excluding hydrogens is 179 g/mol. The van der Waals surface area contributed by atoms with Gasteiger partial charge in [0.25, 0.3) is 0 Å². The first-order valence-corrected chi connectivity index (χ1v) is 2.47. The molecule has 0 bridgehead atoms. The maximum Gasteiger partial charge on any atom is 1.00 e. The van der Waals surface area contributed by atoms with E-state index in [1.807, 2.05) is 0 Å². The fourth-order valence-corrected chi connectivity index (χ4v) is 0.323. The van der Waals surface area contributed by atoms with Crippen molar-refractivity contribution in [2.75, 3.05) is 0 Å². The van der Waals surface area contributed by atoms with E-state index in [4.69, 9.17) is 21.0 Å². The van der Waals surface area contributed by atoms with Gasteiger partial charge in [0.2, 0.25) is 0 Å². The van der Waals surface area contributed by atoms with Gasteiger partial charge in [0.05, 0.1) is 0 Å². The Labute approximate surface area is 113 Å². The van der Waals surface area contributed by atoms with Crippen LogP contribution in [-0.4, -0.2) is 0 Å². The minimum atomic E-state index is -0.247. The Kier molecular flexibility index (Phi) is 9.53. The third-order valence-corrected chi connectivity index (χ3v) is 0.770. The van der Waals surface area contributed by atoms with Crippen LogP contribution in [-0.2, 0) is 0 Å². The minimum absolute atomic E-state index is 0. The maximum absolute atomic E-state index is 8.19. The van der Waals surface area contributed by atoms with Crippen LogP contribution in [0.25, 0.3) is 0 Å². The van der Waals surface area contributed by atoms with Crippen molar-refractivity contribution in [2.24, 2.45) is 0 Å². The molecule has 0 unspecified atom stereocenters. The Morgan fingerprint density at radius 2 is 1.42 bits per heavy atom. The first-order chi connectivity index (χ1) is 5.28. The minimum Gasteiger partial charge on any atom is -0.214 e. The van der Waals surface area contributed by atoms with Gasteiger partial charge in [-0.05, 0) is 11.5 Å². The van der Waals surface area contributed by atoms with Crippen LogP contribution in [0.5, 0.6) is 0 Å². The molecule has 0 heterocycles. The van der Waals surface area contributed by atoms with Crippen LogP contribution in [0, 0.1) is 51.2 Å². The van der Waals surface area contributed by atoms with Crippen LogP contribution in [0.3, 0.4) is 0 Å². The van der Waals surface area contributed by atoms with Crippen molar-refractivity contribution < 1.29 is 51.4 Å². The smallest absolute Gasteiger partial charge is 0.214 e. The fourth-order valence-electron chi connectivity index (χ4n) is 0.323. The van der Waals surface area contributed by atoms with Gasteiger partial charge >= 0.3 is 51.4 Å². The molecule has 0 N–H and O–H groups in total. The van der Waals surface area contributed by atoms with Crippen molar-refractivity contribution in [2.45, 2.75) is 0 Å². The van der Waals surface area contributed by atoms with Crippen LogP contribution in [0.1, 0.15) is 0 Å². The number of nitrogens with zero attached hydrogens (tertiary/aromatic N) is 4. The molecule has 0 aromatic rings. The van der Waals surface area contributed by atoms with Crippen molar-refractivity contribution in [1.82, 2.24) is 0 Å². The second-order valence-electron chi connectivity index (χ2n) is 1.42. The Balaban J connectivity index is 0. The average Bonchev–Trinajstić information content (AvgIpc) is 2.07. The van der Waals surface area contributed by atoms with E-state index in [-0.39, 0.29) is 62.9 Å². The summed E-state index contributed by atoms with van der Waals surface area (Å²) in [5.41, 5.74) is -0.247. The number of hydrogen-bond donors (Lipinski definition) is 0. The molecule has 0 amide bonds. The van der Waals surface area contributed by atoms with Gasteiger partial charge in [0.15, 0.2) is 0 Å². The molecule has 5 heteroatoms. The summed E-state index contributed by atoms with van der Waals surface area (Å²) in [4.78, 5) is 0.